The van der Waals surface area contributed by atoms with Crippen LogP contribution in [0.2, 0.25) is 5.02 Å². The summed E-state index contributed by atoms with van der Waals surface area (Å²) >= 11 is 5.85. The Morgan fingerprint density at radius 3 is 2.46 bits per heavy atom. The van der Waals surface area contributed by atoms with E-state index in [4.69, 9.17) is 11.6 Å². The van der Waals surface area contributed by atoms with E-state index in [9.17, 15) is 13.2 Å². The van der Waals surface area contributed by atoms with E-state index in [0.717, 1.165) is 5.56 Å². The van der Waals surface area contributed by atoms with Crippen molar-refractivity contribution in [2.24, 2.45) is 0 Å². The Balaban J connectivity index is 1.95. The lowest BCUT2D eigenvalue weighted by atomic mass is 10.1. The summed E-state index contributed by atoms with van der Waals surface area (Å²) in [6.45, 7) is 5.29. The molecule has 0 atom stereocenters. The normalized spacial score (nSPS) is 17.1. The number of rotatable bonds is 5. The van der Waals surface area contributed by atoms with Gasteiger partial charge in [0.1, 0.15) is 0 Å². The maximum atomic E-state index is 12.4. The third kappa shape index (κ3) is 5.44. The van der Waals surface area contributed by atoms with Crippen LogP contribution in [0.1, 0.15) is 25.8 Å². The molecule has 1 aromatic rings. The zero-order valence-electron chi connectivity index (χ0n) is 14.0. The third-order valence-electron chi connectivity index (χ3n) is 3.80. The third-order valence-corrected chi connectivity index (χ3v) is 5.87. The highest BCUT2D eigenvalue weighted by atomic mass is 35.5. The molecule has 24 heavy (non-hydrogen) atoms. The minimum atomic E-state index is -3.49. The lowest BCUT2D eigenvalue weighted by Crippen LogP contribution is -2.45. The number of carbonyl (C=O) groups excluding carboxylic acids is 1. The van der Waals surface area contributed by atoms with Gasteiger partial charge < -0.3 is 4.90 Å². The zero-order valence-corrected chi connectivity index (χ0v) is 15.6. The fraction of sp³-hybridized carbons (Fsp3) is 0.562. The fourth-order valence-corrected chi connectivity index (χ4v) is 4.21. The molecule has 0 bridgehead atoms. The van der Waals surface area contributed by atoms with Gasteiger partial charge in [-0.2, -0.15) is 17.4 Å². The number of hydrogen-bond donors (Lipinski definition) is 1. The second kappa shape index (κ2) is 8.29. The van der Waals surface area contributed by atoms with Crippen LogP contribution in [0.15, 0.2) is 24.3 Å². The molecule has 134 valence electrons. The maximum absolute atomic E-state index is 12.4. The predicted octanol–water partition coefficient (Wildman–Crippen LogP) is 1.66. The molecule has 1 N–H and O–H groups in total. The second-order valence-electron chi connectivity index (χ2n) is 6.21. The molecule has 0 aromatic heterocycles. The van der Waals surface area contributed by atoms with Crippen LogP contribution in [0.25, 0.3) is 0 Å². The van der Waals surface area contributed by atoms with Gasteiger partial charge in [0.05, 0.1) is 6.42 Å². The van der Waals surface area contributed by atoms with Gasteiger partial charge in [0, 0.05) is 37.2 Å². The molecule has 0 saturated carbocycles. The first kappa shape index (κ1) is 19.2. The molecule has 1 aliphatic rings. The van der Waals surface area contributed by atoms with Gasteiger partial charge in [-0.3, -0.25) is 4.79 Å². The van der Waals surface area contributed by atoms with Gasteiger partial charge in [0.15, 0.2) is 0 Å². The minimum Gasteiger partial charge on any atom is -0.341 e. The summed E-state index contributed by atoms with van der Waals surface area (Å²) in [7, 11) is -3.49. The fourth-order valence-electron chi connectivity index (χ4n) is 2.64. The first-order chi connectivity index (χ1) is 11.3. The Morgan fingerprint density at radius 1 is 1.17 bits per heavy atom. The Hall–Kier alpha value is -1.15. The number of amides is 1. The van der Waals surface area contributed by atoms with Gasteiger partial charge in [0.2, 0.25) is 5.91 Å². The van der Waals surface area contributed by atoms with E-state index in [0.29, 0.717) is 44.0 Å². The summed E-state index contributed by atoms with van der Waals surface area (Å²) in [6.07, 6.45) is 0.930. The van der Waals surface area contributed by atoms with Gasteiger partial charge in [-0.15, -0.1) is 0 Å². The molecule has 2 rings (SSSR count). The number of halogens is 1. The topological polar surface area (TPSA) is 69.7 Å². The summed E-state index contributed by atoms with van der Waals surface area (Å²) in [5.41, 5.74) is 0.902. The van der Waals surface area contributed by atoms with Gasteiger partial charge in [-0.25, -0.2) is 0 Å². The molecule has 1 amide bonds. The van der Waals surface area contributed by atoms with E-state index in [1.807, 2.05) is 12.1 Å². The van der Waals surface area contributed by atoms with E-state index in [1.165, 1.54) is 4.31 Å². The van der Waals surface area contributed by atoms with Crippen molar-refractivity contribution in [3.05, 3.63) is 34.9 Å². The van der Waals surface area contributed by atoms with Crippen LogP contribution >= 0.6 is 11.6 Å². The van der Waals surface area contributed by atoms with Crippen molar-refractivity contribution in [2.45, 2.75) is 32.7 Å². The molecule has 0 spiro atoms. The standard InChI is InChI=1S/C16H24ClN3O3S/c1-13(2)18-24(22,23)20-9-3-8-19(10-11-20)16(21)12-14-4-6-15(17)7-5-14/h4-7,13,18H,3,8-12H2,1-2H3. The molecule has 1 heterocycles. The Morgan fingerprint density at radius 2 is 1.83 bits per heavy atom. The smallest absolute Gasteiger partial charge is 0.279 e. The minimum absolute atomic E-state index is 0.00777. The zero-order chi connectivity index (χ0) is 17.7. The van der Waals surface area contributed by atoms with E-state index < -0.39 is 10.2 Å². The molecule has 6 nitrogen and oxygen atoms in total. The molecule has 0 unspecified atom stereocenters. The van der Waals surface area contributed by atoms with Crippen molar-refractivity contribution < 1.29 is 13.2 Å². The van der Waals surface area contributed by atoms with Crippen LogP contribution in [0, 0.1) is 0 Å². The summed E-state index contributed by atoms with van der Waals surface area (Å²) in [4.78, 5) is 14.2. The molecule has 0 aliphatic carbocycles. The first-order valence-electron chi connectivity index (χ1n) is 8.07. The Labute approximate surface area is 149 Å². The largest absolute Gasteiger partial charge is 0.341 e. The van der Waals surface area contributed by atoms with Gasteiger partial charge >= 0.3 is 0 Å². The van der Waals surface area contributed by atoms with E-state index in [2.05, 4.69) is 4.72 Å². The van der Waals surface area contributed by atoms with Crippen LogP contribution in [0.3, 0.4) is 0 Å². The molecular formula is C16H24ClN3O3S. The lowest BCUT2D eigenvalue weighted by Gasteiger charge is -2.23. The SMILES string of the molecule is CC(C)NS(=O)(=O)N1CCCN(C(=O)Cc2ccc(Cl)cc2)CC1. The van der Waals surface area contributed by atoms with Crippen molar-refractivity contribution in [1.82, 2.24) is 13.9 Å². The highest BCUT2D eigenvalue weighted by molar-refractivity contribution is 7.87. The number of benzene rings is 1. The Kier molecular flexibility index (Phi) is 6.62. The Bertz CT molecular complexity index is 662. The average Bonchev–Trinajstić information content (AvgIpc) is 2.75. The summed E-state index contributed by atoms with van der Waals surface area (Å²) in [5, 5.41) is 0.638. The maximum Gasteiger partial charge on any atom is 0.279 e. The highest BCUT2D eigenvalue weighted by Crippen LogP contribution is 2.13. The van der Waals surface area contributed by atoms with Crippen molar-refractivity contribution >= 4 is 27.7 Å². The van der Waals surface area contributed by atoms with Crippen LogP contribution in [0.4, 0.5) is 0 Å². The van der Waals surface area contributed by atoms with Gasteiger partial charge in [-0.05, 0) is 38.0 Å². The molecule has 8 heteroatoms. The monoisotopic (exact) mass is 373 g/mol. The molecule has 1 fully saturated rings. The van der Waals surface area contributed by atoms with Crippen LogP contribution in [-0.2, 0) is 21.4 Å². The second-order valence-corrected chi connectivity index (χ2v) is 8.35. The molecule has 1 aliphatic heterocycles. The number of hydrogen-bond acceptors (Lipinski definition) is 3. The number of nitrogens with one attached hydrogen (secondary N) is 1. The first-order valence-corrected chi connectivity index (χ1v) is 9.89. The van der Waals surface area contributed by atoms with E-state index in [-0.39, 0.29) is 11.9 Å². The summed E-state index contributed by atoms with van der Waals surface area (Å²) < 4.78 is 28.5. The van der Waals surface area contributed by atoms with Crippen LogP contribution < -0.4 is 4.72 Å². The molecule has 1 saturated heterocycles. The lowest BCUT2D eigenvalue weighted by molar-refractivity contribution is -0.130. The predicted molar refractivity (Wildman–Crippen MR) is 95.1 cm³/mol. The van der Waals surface area contributed by atoms with Gasteiger partial charge in [0.25, 0.3) is 10.2 Å². The van der Waals surface area contributed by atoms with Crippen molar-refractivity contribution in [1.29, 1.82) is 0 Å². The quantitative estimate of drug-likeness (QED) is 0.853. The average molecular weight is 374 g/mol. The van der Waals surface area contributed by atoms with Crippen LogP contribution in [0.5, 0.6) is 0 Å². The summed E-state index contributed by atoms with van der Waals surface area (Å²) in [6, 6.07) is 7.04. The highest BCUT2D eigenvalue weighted by Gasteiger charge is 2.27. The molecule has 1 aromatic carbocycles. The van der Waals surface area contributed by atoms with Gasteiger partial charge in [-0.1, -0.05) is 23.7 Å². The van der Waals surface area contributed by atoms with Crippen molar-refractivity contribution in [2.75, 3.05) is 26.2 Å². The number of nitrogens with zero attached hydrogens (tertiary/aromatic N) is 2. The summed E-state index contributed by atoms with van der Waals surface area (Å²) in [5.74, 6) is 0.00777. The number of carbonyl (C=O) groups is 1. The van der Waals surface area contributed by atoms with E-state index in [1.54, 1.807) is 30.9 Å². The van der Waals surface area contributed by atoms with Crippen molar-refractivity contribution in [3.8, 4) is 0 Å². The van der Waals surface area contributed by atoms with Crippen LogP contribution in [-0.4, -0.2) is 55.8 Å². The van der Waals surface area contributed by atoms with E-state index >= 15 is 0 Å². The van der Waals surface area contributed by atoms with Crippen molar-refractivity contribution in [3.63, 3.8) is 0 Å². The molecular weight excluding hydrogens is 350 g/mol. The molecule has 0 radical (unpaired) electrons.